The lowest BCUT2D eigenvalue weighted by atomic mass is 10.1. The van der Waals surface area contributed by atoms with E-state index in [1.54, 1.807) is 6.07 Å². The van der Waals surface area contributed by atoms with Gasteiger partial charge in [0, 0.05) is 23.2 Å². The molecule has 0 aliphatic heterocycles. The van der Waals surface area contributed by atoms with Crippen molar-refractivity contribution in [3.63, 3.8) is 0 Å². The van der Waals surface area contributed by atoms with Crippen LogP contribution in [-0.4, -0.2) is 30.2 Å². The monoisotopic (exact) mass is 411 g/mol. The first-order valence-corrected chi connectivity index (χ1v) is 6.89. The van der Waals surface area contributed by atoms with Gasteiger partial charge in [-0.25, -0.2) is 0 Å². The summed E-state index contributed by atoms with van der Waals surface area (Å²) in [5, 5.41) is 17.0. The number of aliphatic imine (C=N–C) groups is 1. The van der Waals surface area contributed by atoms with Crippen LogP contribution in [0.4, 0.5) is 0 Å². The van der Waals surface area contributed by atoms with Gasteiger partial charge in [0.2, 0.25) is 0 Å². The number of benzene rings is 1. The molecule has 1 unspecified atom stereocenters. The van der Waals surface area contributed by atoms with Crippen molar-refractivity contribution in [3.8, 4) is 0 Å². The zero-order valence-electron chi connectivity index (χ0n) is 12.1. The maximum absolute atomic E-state index is 10.1. The molecule has 0 heterocycles. The summed E-state index contributed by atoms with van der Waals surface area (Å²) < 4.78 is 0. The summed E-state index contributed by atoms with van der Waals surface area (Å²) in [6, 6.07) is 7.56. The van der Waals surface area contributed by atoms with Crippen LogP contribution in [0.15, 0.2) is 29.3 Å². The van der Waals surface area contributed by atoms with Crippen molar-refractivity contribution in [2.75, 3.05) is 13.1 Å². The Bertz CT molecular complexity index is 427. The first-order valence-electron chi connectivity index (χ1n) is 6.52. The zero-order valence-corrected chi connectivity index (χ0v) is 15.1. The van der Waals surface area contributed by atoms with Gasteiger partial charge in [0.25, 0.3) is 0 Å². The number of aliphatic hydroxyl groups is 1. The molecule has 1 aromatic carbocycles. The summed E-state index contributed by atoms with van der Waals surface area (Å²) in [7, 11) is 0. The van der Waals surface area contributed by atoms with Crippen molar-refractivity contribution in [2.24, 2.45) is 4.99 Å². The van der Waals surface area contributed by atoms with Crippen molar-refractivity contribution < 1.29 is 5.11 Å². The Kier molecular flexibility index (Phi) is 9.96. The lowest BCUT2D eigenvalue weighted by Gasteiger charge is -2.15. The third-order valence-corrected chi connectivity index (χ3v) is 2.80. The number of rotatable bonds is 5. The first-order chi connectivity index (χ1) is 9.04. The molecular formula is C14H23ClIN3O. The highest BCUT2D eigenvalue weighted by Gasteiger charge is 2.10. The Labute approximate surface area is 143 Å². The van der Waals surface area contributed by atoms with Crippen molar-refractivity contribution in [1.82, 2.24) is 10.6 Å². The summed E-state index contributed by atoms with van der Waals surface area (Å²) in [6.07, 6.45) is -0.698. The van der Waals surface area contributed by atoms with Gasteiger partial charge >= 0.3 is 0 Å². The summed E-state index contributed by atoms with van der Waals surface area (Å²) in [4.78, 5) is 4.36. The third kappa shape index (κ3) is 6.76. The molecule has 0 radical (unpaired) electrons. The van der Waals surface area contributed by atoms with Crippen molar-refractivity contribution in [1.29, 1.82) is 0 Å². The normalized spacial score (nSPS) is 12.8. The molecule has 0 saturated carbocycles. The number of aliphatic hydroxyl groups excluding tert-OH is 1. The SMILES string of the molecule is CCNC(=NCC(O)c1ccccc1Cl)NC(C)C.I. The Morgan fingerprint density at radius 3 is 2.55 bits per heavy atom. The van der Waals surface area contributed by atoms with E-state index in [2.05, 4.69) is 15.6 Å². The molecule has 0 aliphatic carbocycles. The van der Waals surface area contributed by atoms with E-state index in [1.165, 1.54) is 0 Å². The van der Waals surface area contributed by atoms with Crippen molar-refractivity contribution in [3.05, 3.63) is 34.9 Å². The molecule has 114 valence electrons. The van der Waals surface area contributed by atoms with E-state index in [-0.39, 0.29) is 36.6 Å². The minimum absolute atomic E-state index is 0. The van der Waals surface area contributed by atoms with Crippen LogP contribution in [0.2, 0.25) is 5.02 Å². The smallest absolute Gasteiger partial charge is 0.191 e. The Morgan fingerprint density at radius 1 is 1.35 bits per heavy atom. The lowest BCUT2D eigenvalue weighted by molar-refractivity contribution is 0.187. The van der Waals surface area contributed by atoms with E-state index in [0.717, 1.165) is 6.54 Å². The third-order valence-electron chi connectivity index (χ3n) is 2.46. The van der Waals surface area contributed by atoms with E-state index in [4.69, 9.17) is 11.6 Å². The molecule has 1 aromatic rings. The van der Waals surface area contributed by atoms with Crippen LogP contribution >= 0.6 is 35.6 Å². The average Bonchev–Trinajstić information content (AvgIpc) is 2.36. The second kappa shape index (κ2) is 10.2. The minimum atomic E-state index is -0.698. The maximum Gasteiger partial charge on any atom is 0.191 e. The standard InChI is InChI=1S/C14H22ClN3O.HI/c1-4-16-14(18-10(2)3)17-9-13(19)11-7-5-6-8-12(11)15;/h5-8,10,13,19H,4,9H2,1-3H3,(H2,16,17,18);1H. The van der Waals surface area contributed by atoms with Gasteiger partial charge in [-0.15, -0.1) is 24.0 Å². The summed E-state index contributed by atoms with van der Waals surface area (Å²) in [5.74, 6) is 0.698. The molecule has 6 heteroatoms. The largest absolute Gasteiger partial charge is 0.386 e. The molecular weight excluding hydrogens is 389 g/mol. The van der Waals surface area contributed by atoms with Crippen LogP contribution in [0.1, 0.15) is 32.4 Å². The van der Waals surface area contributed by atoms with E-state index in [9.17, 15) is 5.11 Å². The Morgan fingerprint density at radius 2 is 2.00 bits per heavy atom. The topological polar surface area (TPSA) is 56.7 Å². The van der Waals surface area contributed by atoms with Gasteiger partial charge in [0.1, 0.15) is 6.10 Å². The van der Waals surface area contributed by atoms with Gasteiger partial charge < -0.3 is 15.7 Å². The highest BCUT2D eigenvalue weighted by molar-refractivity contribution is 14.0. The fraction of sp³-hybridized carbons (Fsp3) is 0.500. The van der Waals surface area contributed by atoms with Crippen LogP contribution in [-0.2, 0) is 0 Å². The van der Waals surface area contributed by atoms with Gasteiger partial charge in [-0.3, -0.25) is 4.99 Å². The molecule has 0 saturated heterocycles. The quantitative estimate of drug-likeness (QED) is 0.397. The van der Waals surface area contributed by atoms with Crippen molar-refractivity contribution >= 4 is 41.5 Å². The zero-order chi connectivity index (χ0) is 14.3. The van der Waals surface area contributed by atoms with E-state index >= 15 is 0 Å². The molecule has 0 aromatic heterocycles. The van der Waals surface area contributed by atoms with Gasteiger partial charge in [-0.2, -0.15) is 0 Å². The van der Waals surface area contributed by atoms with E-state index in [1.807, 2.05) is 39.0 Å². The number of halogens is 2. The molecule has 0 fully saturated rings. The van der Waals surface area contributed by atoms with Crippen LogP contribution in [0, 0.1) is 0 Å². The maximum atomic E-state index is 10.1. The summed E-state index contributed by atoms with van der Waals surface area (Å²) in [5.41, 5.74) is 0.702. The minimum Gasteiger partial charge on any atom is -0.386 e. The predicted molar refractivity (Wildman–Crippen MR) is 96.1 cm³/mol. The van der Waals surface area contributed by atoms with E-state index in [0.29, 0.717) is 16.5 Å². The number of nitrogens with one attached hydrogen (secondary N) is 2. The second-order valence-corrected chi connectivity index (χ2v) is 4.96. The Hall–Kier alpha value is -0.530. The van der Waals surface area contributed by atoms with Gasteiger partial charge in [0.05, 0.1) is 6.54 Å². The Balaban J connectivity index is 0.00000361. The molecule has 3 N–H and O–H groups in total. The molecule has 20 heavy (non-hydrogen) atoms. The molecule has 4 nitrogen and oxygen atoms in total. The predicted octanol–water partition coefficient (Wildman–Crippen LogP) is 2.95. The number of hydrogen-bond donors (Lipinski definition) is 3. The molecule has 0 spiro atoms. The molecule has 0 amide bonds. The fourth-order valence-electron chi connectivity index (χ4n) is 1.61. The number of nitrogens with zero attached hydrogens (tertiary/aromatic N) is 1. The van der Waals surface area contributed by atoms with Crippen LogP contribution < -0.4 is 10.6 Å². The number of hydrogen-bond acceptors (Lipinski definition) is 2. The first kappa shape index (κ1) is 19.5. The van der Waals surface area contributed by atoms with E-state index < -0.39 is 6.10 Å². The van der Waals surface area contributed by atoms with Gasteiger partial charge in [-0.05, 0) is 26.8 Å². The second-order valence-electron chi connectivity index (χ2n) is 4.56. The van der Waals surface area contributed by atoms with Crippen LogP contribution in [0.5, 0.6) is 0 Å². The van der Waals surface area contributed by atoms with Crippen LogP contribution in [0.25, 0.3) is 0 Å². The molecule has 1 atom stereocenters. The van der Waals surface area contributed by atoms with Crippen molar-refractivity contribution in [2.45, 2.75) is 32.9 Å². The molecule has 0 aliphatic rings. The molecule has 1 rings (SSSR count). The summed E-state index contributed by atoms with van der Waals surface area (Å²) >= 11 is 6.04. The fourth-order valence-corrected chi connectivity index (χ4v) is 1.88. The van der Waals surface area contributed by atoms with Gasteiger partial charge in [-0.1, -0.05) is 29.8 Å². The number of guanidine groups is 1. The average molecular weight is 412 g/mol. The highest BCUT2D eigenvalue weighted by Crippen LogP contribution is 2.22. The highest BCUT2D eigenvalue weighted by atomic mass is 127. The summed E-state index contributed by atoms with van der Waals surface area (Å²) in [6.45, 7) is 7.13. The lowest BCUT2D eigenvalue weighted by Crippen LogP contribution is -2.41. The van der Waals surface area contributed by atoms with Crippen LogP contribution in [0.3, 0.4) is 0 Å². The molecule has 0 bridgehead atoms. The van der Waals surface area contributed by atoms with Gasteiger partial charge in [0.15, 0.2) is 5.96 Å².